The third kappa shape index (κ3) is 2.73. The van der Waals surface area contributed by atoms with E-state index in [9.17, 15) is 14.7 Å². The molecule has 2 N–H and O–H groups in total. The minimum absolute atomic E-state index is 0.0904. The second kappa shape index (κ2) is 5.53. The van der Waals surface area contributed by atoms with E-state index in [-0.39, 0.29) is 19.0 Å². The lowest BCUT2D eigenvalue weighted by atomic mass is 10.2. The second-order valence-electron chi connectivity index (χ2n) is 4.63. The molecule has 2 heterocycles. The summed E-state index contributed by atoms with van der Waals surface area (Å²) in [5.74, 6) is -1.06. The van der Waals surface area contributed by atoms with Crippen molar-refractivity contribution in [2.45, 2.75) is 25.0 Å². The maximum absolute atomic E-state index is 12.2. The van der Waals surface area contributed by atoms with Gasteiger partial charge in [-0.3, -0.25) is 0 Å². The van der Waals surface area contributed by atoms with E-state index in [0.29, 0.717) is 26.3 Å². The van der Waals surface area contributed by atoms with Gasteiger partial charge in [0, 0.05) is 32.7 Å². The zero-order valence-corrected chi connectivity index (χ0v) is 10.1. The number of carboxylic acid groups (broad SMARTS) is 1. The number of aliphatic hydroxyl groups is 1. The lowest BCUT2D eigenvalue weighted by Crippen LogP contribution is -2.48. The van der Waals surface area contributed by atoms with Gasteiger partial charge in [0.05, 0.1) is 12.7 Å². The summed E-state index contributed by atoms with van der Waals surface area (Å²) < 4.78 is 5.25. The van der Waals surface area contributed by atoms with Gasteiger partial charge < -0.3 is 24.7 Å². The maximum atomic E-state index is 12.2. The van der Waals surface area contributed by atoms with Crippen LogP contribution in [-0.4, -0.2) is 77.0 Å². The fourth-order valence-corrected chi connectivity index (χ4v) is 2.38. The number of aliphatic hydroxyl groups excluding tert-OH is 1. The van der Waals surface area contributed by atoms with Crippen molar-refractivity contribution in [2.75, 3.05) is 32.8 Å². The molecule has 0 aromatic carbocycles. The first-order valence-electron chi connectivity index (χ1n) is 6.13. The van der Waals surface area contributed by atoms with Crippen molar-refractivity contribution in [3.63, 3.8) is 0 Å². The van der Waals surface area contributed by atoms with Crippen LogP contribution in [0.15, 0.2) is 0 Å². The average Bonchev–Trinajstić information content (AvgIpc) is 2.56. The van der Waals surface area contributed by atoms with Crippen molar-refractivity contribution in [1.82, 2.24) is 9.80 Å². The molecule has 0 saturated carbocycles. The number of rotatable bonds is 1. The molecule has 2 saturated heterocycles. The number of nitrogens with zero attached hydrogens (tertiary/aromatic N) is 2. The largest absolute Gasteiger partial charge is 0.480 e. The molecule has 7 nitrogen and oxygen atoms in total. The number of carbonyl (C=O) groups is 2. The third-order valence-corrected chi connectivity index (χ3v) is 3.30. The number of carboxylic acids is 1. The van der Waals surface area contributed by atoms with E-state index in [2.05, 4.69) is 0 Å². The highest BCUT2D eigenvalue weighted by atomic mass is 16.5. The number of ether oxygens (including phenoxy) is 1. The summed E-state index contributed by atoms with van der Waals surface area (Å²) in [7, 11) is 0. The van der Waals surface area contributed by atoms with Gasteiger partial charge in [0.25, 0.3) is 0 Å². The van der Waals surface area contributed by atoms with E-state index in [1.807, 2.05) is 0 Å². The molecule has 2 atom stereocenters. The topological polar surface area (TPSA) is 90.3 Å². The third-order valence-electron chi connectivity index (χ3n) is 3.30. The summed E-state index contributed by atoms with van der Waals surface area (Å²) in [6, 6.07) is -1.24. The summed E-state index contributed by atoms with van der Waals surface area (Å²) in [6.07, 6.45) is 0.101. The molecule has 2 fully saturated rings. The van der Waals surface area contributed by atoms with Crippen LogP contribution in [0.3, 0.4) is 0 Å². The lowest BCUT2D eigenvalue weighted by Gasteiger charge is -2.28. The van der Waals surface area contributed by atoms with E-state index in [1.165, 1.54) is 4.90 Å². The van der Waals surface area contributed by atoms with Crippen molar-refractivity contribution >= 4 is 12.0 Å². The number of carbonyl (C=O) groups excluding carboxylic acids is 1. The van der Waals surface area contributed by atoms with E-state index in [0.717, 1.165) is 6.42 Å². The fraction of sp³-hybridized carbons (Fsp3) is 0.818. The summed E-state index contributed by atoms with van der Waals surface area (Å²) in [5.41, 5.74) is 0. The first-order valence-corrected chi connectivity index (χ1v) is 6.13. The van der Waals surface area contributed by atoms with Gasteiger partial charge >= 0.3 is 12.0 Å². The molecule has 0 aromatic heterocycles. The van der Waals surface area contributed by atoms with Crippen LogP contribution in [0.1, 0.15) is 12.8 Å². The minimum Gasteiger partial charge on any atom is -0.480 e. The van der Waals surface area contributed by atoms with Crippen LogP contribution in [0.2, 0.25) is 0 Å². The number of β-amino-alcohol motifs (C(OH)–C–C–N with tert-alkyl or cyclic N) is 1. The van der Waals surface area contributed by atoms with Crippen LogP contribution < -0.4 is 0 Å². The molecule has 102 valence electrons. The van der Waals surface area contributed by atoms with Crippen LogP contribution in [0.4, 0.5) is 4.79 Å². The molecule has 2 aliphatic rings. The highest BCUT2D eigenvalue weighted by Crippen LogP contribution is 2.20. The van der Waals surface area contributed by atoms with Crippen molar-refractivity contribution in [3.8, 4) is 0 Å². The molecule has 18 heavy (non-hydrogen) atoms. The van der Waals surface area contributed by atoms with Crippen LogP contribution >= 0.6 is 0 Å². The SMILES string of the molecule is O=C(O)C1CC(O)CN1C(=O)N1CCCOCC1. The van der Waals surface area contributed by atoms with Crippen molar-refractivity contribution in [1.29, 1.82) is 0 Å². The van der Waals surface area contributed by atoms with Crippen LogP contribution in [0, 0.1) is 0 Å². The Labute approximate surface area is 105 Å². The Kier molecular flexibility index (Phi) is 4.03. The maximum Gasteiger partial charge on any atom is 0.326 e. The first-order chi connectivity index (χ1) is 8.59. The molecule has 0 bridgehead atoms. The average molecular weight is 258 g/mol. The Hall–Kier alpha value is -1.34. The molecule has 2 amide bonds. The number of urea groups is 1. The predicted octanol–water partition coefficient (Wildman–Crippen LogP) is -0.651. The molecule has 2 unspecified atom stereocenters. The number of hydrogen-bond acceptors (Lipinski definition) is 4. The normalized spacial score (nSPS) is 29.2. The molecule has 7 heteroatoms. The Balaban J connectivity index is 2.04. The molecular weight excluding hydrogens is 240 g/mol. The van der Waals surface area contributed by atoms with E-state index in [1.54, 1.807) is 4.90 Å². The number of hydrogen-bond donors (Lipinski definition) is 2. The quantitative estimate of drug-likeness (QED) is 0.652. The molecule has 0 aromatic rings. The Morgan fingerprint density at radius 3 is 2.72 bits per heavy atom. The molecule has 0 radical (unpaired) electrons. The Morgan fingerprint density at radius 2 is 2.00 bits per heavy atom. The Morgan fingerprint density at radius 1 is 1.22 bits per heavy atom. The molecular formula is C11H18N2O5. The van der Waals surface area contributed by atoms with Gasteiger partial charge in [0.2, 0.25) is 0 Å². The van der Waals surface area contributed by atoms with Crippen molar-refractivity contribution < 1.29 is 24.5 Å². The molecule has 2 rings (SSSR count). The van der Waals surface area contributed by atoms with Gasteiger partial charge in [-0.25, -0.2) is 9.59 Å². The van der Waals surface area contributed by atoms with Gasteiger partial charge in [-0.2, -0.15) is 0 Å². The highest BCUT2D eigenvalue weighted by molar-refractivity contribution is 5.83. The highest BCUT2D eigenvalue weighted by Gasteiger charge is 2.40. The molecule has 0 spiro atoms. The summed E-state index contributed by atoms with van der Waals surface area (Å²) in [6.45, 7) is 2.22. The summed E-state index contributed by atoms with van der Waals surface area (Å²) in [5, 5.41) is 18.6. The first kappa shape index (κ1) is 13.1. The van der Waals surface area contributed by atoms with Gasteiger partial charge in [-0.05, 0) is 6.42 Å². The van der Waals surface area contributed by atoms with Gasteiger partial charge in [-0.1, -0.05) is 0 Å². The molecule has 2 aliphatic heterocycles. The predicted molar refractivity (Wildman–Crippen MR) is 61.2 cm³/mol. The van der Waals surface area contributed by atoms with Crippen molar-refractivity contribution in [2.24, 2.45) is 0 Å². The molecule has 0 aliphatic carbocycles. The summed E-state index contributed by atoms with van der Waals surface area (Å²) >= 11 is 0. The van der Waals surface area contributed by atoms with E-state index in [4.69, 9.17) is 9.84 Å². The summed E-state index contributed by atoms with van der Waals surface area (Å²) in [4.78, 5) is 26.1. The van der Waals surface area contributed by atoms with Crippen molar-refractivity contribution in [3.05, 3.63) is 0 Å². The standard InChI is InChI=1S/C11H18N2O5/c14-8-6-9(10(15)16)13(7-8)11(17)12-2-1-4-18-5-3-12/h8-9,14H,1-7H2,(H,15,16). The van der Waals surface area contributed by atoms with E-state index >= 15 is 0 Å². The lowest BCUT2D eigenvalue weighted by molar-refractivity contribution is -0.141. The van der Waals surface area contributed by atoms with Gasteiger partial charge in [0.1, 0.15) is 6.04 Å². The monoisotopic (exact) mass is 258 g/mol. The van der Waals surface area contributed by atoms with Crippen LogP contribution in [-0.2, 0) is 9.53 Å². The zero-order valence-electron chi connectivity index (χ0n) is 10.1. The number of amides is 2. The van der Waals surface area contributed by atoms with E-state index < -0.39 is 18.1 Å². The van der Waals surface area contributed by atoms with Gasteiger partial charge in [0.15, 0.2) is 0 Å². The number of aliphatic carboxylic acids is 1. The number of likely N-dealkylation sites (tertiary alicyclic amines) is 1. The second-order valence-corrected chi connectivity index (χ2v) is 4.63. The fourth-order valence-electron chi connectivity index (χ4n) is 2.38. The Bertz CT molecular complexity index is 327. The van der Waals surface area contributed by atoms with Gasteiger partial charge in [-0.15, -0.1) is 0 Å². The van der Waals surface area contributed by atoms with Crippen LogP contribution in [0.25, 0.3) is 0 Å². The zero-order chi connectivity index (χ0) is 13.1. The minimum atomic E-state index is -1.06. The van der Waals surface area contributed by atoms with Crippen LogP contribution in [0.5, 0.6) is 0 Å². The smallest absolute Gasteiger partial charge is 0.326 e.